The monoisotopic (exact) mass is 379 g/mol. The Bertz CT molecular complexity index is 1020. The molecule has 4 rings (SSSR count). The van der Waals surface area contributed by atoms with Gasteiger partial charge in [0.25, 0.3) is 5.91 Å². The van der Waals surface area contributed by atoms with Crippen LogP contribution in [-0.2, 0) is 11.4 Å². The fraction of sp³-hybridized carbons (Fsp3) is 0.273. The van der Waals surface area contributed by atoms with Crippen LogP contribution >= 0.6 is 0 Å². The number of carbonyl (C=O) groups excluding carboxylic acids is 1. The van der Waals surface area contributed by atoms with Crippen LogP contribution in [0.3, 0.4) is 0 Å². The molecule has 3 aromatic rings. The lowest BCUT2D eigenvalue weighted by Crippen LogP contribution is -2.29. The lowest BCUT2D eigenvalue weighted by Gasteiger charge is -2.13. The molecule has 1 fully saturated rings. The molecule has 0 unspecified atom stereocenters. The van der Waals surface area contributed by atoms with Crippen LogP contribution in [0.1, 0.15) is 23.2 Å². The summed E-state index contributed by atoms with van der Waals surface area (Å²) >= 11 is 0. The van der Waals surface area contributed by atoms with Crippen LogP contribution in [0.2, 0.25) is 0 Å². The molecule has 144 valence electrons. The fourth-order valence-corrected chi connectivity index (χ4v) is 3.59. The molecule has 1 N–H and O–H groups in total. The standard InChI is InChI=1S/C22H21NO5/c1-14-11-23(12-19(14)22(25)26)21(24)20-9-8-18(28-20)13-27-17-7-6-15-4-2-3-5-16(15)10-17/h2-10,14,19H,11-13H2,1H3,(H,25,26)/t14-,19-/m1/s1. The van der Waals surface area contributed by atoms with Crippen molar-refractivity contribution >= 4 is 22.6 Å². The molecule has 0 spiro atoms. The number of carbonyl (C=O) groups is 2. The van der Waals surface area contributed by atoms with Crippen LogP contribution in [0.15, 0.2) is 59.0 Å². The van der Waals surface area contributed by atoms with Gasteiger partial charge in [0.2, 0.25) is 0 Å². The number of amides is 1. The second-order valence-corrected chi connectivity index (χ2v) is 7.20. The van der Waals surface area contributed by atoms with Crippen molar-refractivity contribution in [1.82, 2.24) is 4.90 Å². The van der Waals surface area contributed by atoms with Crippen LogP contribution in [0.5, 0.6) is 5.75 Å². The van der Waals surface area contributed by atoms with Crippen molar-refractivity contribution in [3.05, 3.63) is 66.1 Å². The van der Waals surface area contributed by atoms with Crippen molar-refractivity contribution in [2.45, 2.75) is 13.5 Å². The Balaban J connectivity index is 1.40. The molecule has 6 heteroatoms. The lowest BCUT2D eigenvalue weighted by molar-refractivity contribution is -0.142. The molecular weight excluding hydrogens is 358 g/mol. The molecule has 1 aliphatic rings. The van der Waals surface area contributed by atoms with E-state index < -0.39 is 11.9 Å². The van der Waals surface area contributed by atoms with Gasteiger partial charge in [-0.2, -0.15) is 0 Å². The molecule has 0 radical (unpaired) electrons. The average Bonchev–Trinajstić information content (AvgIpc) is 3.32. The Labute approximate surface area is 162 Å². The topological polar surface area (TPSA) is 80.0 Å². The minimum Gasteiger partial charge on any atom is -0.486 e. The van der Waals surface area contributed by atoms with E-state index in [1.54, 1.807) is 12.1 Å². The van der Waals surface area contributed by atoms with Crippen molar-refractivity contribution in [3.8, 4) is 5.75 Å². The smallest absolute Gasteiger partial charge is 0.308 e. The van der Waals surface area contributed by atoms with Gasteiger partial charge in [0.05, 0.1) is 5.92 Å². The maximum absolute atomic E-state index is 12.6. The van der Waals surface area contributed by atoms with E-state index in [0.717, 1.165) is 16.5 Å². The first kappa shape index (κ1) is 18.1. The number of fused-ring (bicyclic) bond motifs is 1. The maximum atomic E-state index is 12.6. The van der Waals surface area contributed by atoms with Gasteiger partial charge in [0.1, 0.15) is 18.1 Å². The Kier molecular flexibility index (Phi) is 4.77. The number of rotatable bonds is 5. The Morgan fingerprint density at radius 2 is 1.89 bits per heavy atom. The number of hydrogen-bond donors (Lipinski definition) is 1. The minimum atomic E-state index is -0.869. The Morgan fingerprint density at radius 3 is 2.64 bits per heavy atom. The van der Waals surface area contributed by atoms with Gasteiger partial charge in [0.15, 0.2) is 5.76 Å². The van der Waals surface area contributed by atoms with Gasteiger partial charge in [0, 0.05) is 13.1 Å². The van der Waals surface area contributed by atoms with E-state index in [4.69, 9.17) is 9.15 Å². The van der Waals surface area contributed by atoms with Crippen molar-refractivity contribution in [2.24, 2.45) is 11.8 Å². The predicted octanol–water partition coefficient (Wildman–Crippen LogP) is 3.80. The molecular formula is C22H21NO5. The number of hydrogen-bond acceptors (Lipinski definition) is 4. The molecule has 1 aliphatic heterocycles. The molecule has 2 atom stereocenters. The highest BCUT2D eigenvalue weighted by Gasteiger charge is 2.37. The summed E-state index contributed by atoms with van der Waals surface area (Å²) in [7, 11) is 0. The van der Waals surface area contributed by atoms with E-state index in [1.807, 2.05) is 49.4 Å². The van der Waals surface area contributed by atoms with Crippen molar-refractivity contribution in [1.29, 1.82) is 0 Å². The summed E-state index contributed by atoms with van der Waals surface area (Å²) in [6.07, 6.45) is 0. The summed E-state index contributed by atoms with van der Waals surface area (Å²) in [6, 6.07) is 17.2. The van der Waals surface area contributed by atoms with Crippen LogP contribution in [0.4, 0.5) is 0 Å². The third-order valence-corrected chi connectivity index (χ3v) is 5.19. The number of aliphatic carboxylic acids is 1. The van der Waals surface area contributed by atoms with Gasteiger partial charge in [-0.3, -0.25) is 9.59 Å². The molecule has 1 aromatic heterocycles. The number of nitrogens with zero attached hydrogens (tertiary/aromatic N) is 1. The molecule has 0 bridgehead atoms. The van der Waals surface area contributed by atoms with Gasteiger partial charge in [-0.25, -0.2) is 0 Å². The summed E-state index contributed by atoms with van der Waals surface area (Å²) in [5, 5.41) is 11.5. The summed E-state index contributed by atoms with van der Waals surface area (Å²) < 4.78 is 11.4. The third-order valence-electron chi connectivity index (χ3n) is 5.19. The van der Waals surface area contributed by atoms with Crippen LogP contribution < -0.4 is 4.74 Å². The van der Waals surface area contributed by atoms with E-state index in [9.17, 15) is 14.7 Å². The van der Waals surface area contributed by atoms with Crippen molar-refractivity contribution in [2.75, 3.05) is 13.1 Å². The Hall–Kier alpha value is -3.28. The van der Waals surface area contributed by atoms with Gasteiger partial charge in [-0.05, 0) is 41.0 Å². The quantitative estimate of drug-likeness (QED) is 0.729. The summed E-state index contributed by atoms with van der Waals surface area (Å²) in [4.78, 5) is 25.4. The van der Waals surface area contributed by atoms with Gasteiger partial charge < -0.3 is 19.2 Å². The largest absolute Gasteiger partial charge is 0.486 e. The van der Waals surface area contributed by atoms with Crippen LogP contribution in [0, 0.1) is 11.8 Å². The highest BCUT2D eigenvalue weighted by atomic mass is 16.5. The number of ether oxygens (including phenoxy) is 1. The van der Waals surface area contributed by atoms with E-state index in [2.05, 4.69) is 0 Å². The normalized spacial score (nSPS) is 19.1. The molecule has 0 aliphatic carbocycles. The summed E-state index contributed by atoms with van der Waals surface area (Å²) in [6.45, 7) is 2.68. The molecule has 1 amide bonds. The molecule has 1 saturated heterocycles. The number of carboxylic acids is 1. The second kappa shape index (κ2) is 7.38. The highest BCUT2D eigenvalue weighted by molar-refractivity contribution is 5.92. The van der Waals surface area contributed by atoms with Crippen LogP contribution in [-0.4, -0.2) is 35.0 Å². The van der Waals surface area contributed by atoms with Gasteiger partial charge in [-0.15, -0.1) is 0 Å². The van der Waals surface area contributed by atoms with E-state index in [1.165, 1.54) is 4.90 Å². The molecule has 2 heterocycles. The van der Waals surface area contributed by atoms with E-state index in [-0.39, 0.29) is 30.7 Å². The Morgan fingerprint density at radius 1 is 1.11 bits per heavy atom. The van der Waals surface area contributed by atoms with Crippen LogP contribution in [0.25, 0.3) is 10.8 Å². The molecule has 2 aromatic carbocycles. The number of carboxylic acid groups (broad SMARTS) is 1. The SMILES string of the molecule is C[C@@H]1CN(C(=O)c2ccc(COc3ccc4ccccc4c3)o2)C[C@H]1C(=O)O. The van der Waals surface area contributed by atoms with Gasteiger partial charge in [-0.1, -0.05) is 37.3 Å². The zero-order valence-corrected chi connectivity index (χ0v) is 15.5. The molecule has 6 nitrogen and oxygen atoms in total. The summed E-state index contributed by atoms with van der Waals surface area (Å²) in [5.74, 6) is -0.296. The third kappa shape index (κ3) is 3.58. The first-order valence-corrected chi connectivity index (χ1v) is 9.23. The van der Waals surface area contributed by atoms with Crippen molar-refractivity contribution in [3.63, 3.8) is 0 Å². The number of benzene rings is 2. The average molecular weight is 379 g/mol. The van der Waals surface area contributed by atoms with Crippen molar-refractivity contribution < 1.29 is 23.8 Å². The zero-order chi connectivity index (χ0) is 19.7. The first-order chi connectivity index (χ1) is 13.5. The minimum absolute atomic E-state index is 0.0767. The maximum Gasteiger partial charge on any atom is 0.308 e. The first-order valence-electron chi connectivity index (χ1n) is 9.23. The van der Waals surface area contributed by atoms with E-state index in [0.29, 0.717) is 12.3 Å². The lowest BCUT2D eigenvalue weighted by atomic mass is 9.99. The zero-order valence-electron chi connectivity index (χ0n) is 15.5. The van der Waals surface area contributed by atoms with E-state index >= 15 is 0 Å². The predicted molar refractivity (Wildman–Crippen MR) is 103 cm³/mol. The number of likely N-dealkylation sites (tertiary alicyclic amines) is 1. The number of furan rings is 1. The fourth-order valence-electron chi connectivity index (χ4n) is 3.59. The molecule has 0 saturated carbocycles. The molecule has 28 heavy (non-hydrogen) atoms. The summed E-state index contributed by atoms with van der Waals surface area (Å²) in [5.41, 5.74) is 0. The highest BCUT2D eigenvalue weighted by Crippen LogP contribution is 2.26. The van der Waals surface area contributed by atoms with Gasteiger partial charge >= 0.3 is 5.97 Å². The second-order valence-electron chi connectivity index (χ2n) is 7.20.